The predicted molar refractivity (Wildman–Crippen MR) is 73.7 cm³/mol. The second kappa shape index (κ2) is 6.05. The maximum atomic E-state index is 6.13. The predicted octanol–water partition coefficient (Wildman–Crippen LogP) is 4.20. The van der Waals surface area contributed by atoms with E-state index < -0.39 is 0 Å². The largest absolute Gasteiger partial charge is 0.379 e. The lowest BCUT2D eigenvalue weighted by Crippen LogP contribution is -2.24. The highest BCUT2D eigenvalue weighted by Gasteiger charge is 2.20. The van der Waals surface area contributed by atoms with Crippen LogP contribution in [0.2, 0.25) is 10.0 Å². The average molecular weight is 276 g/mol. The zero-order valence-electron chi connectivity index (χ0n) is 10.5. The van der Waals surface area contributed by atoms with Crippen LogP contribution in [0, 0.1) is 0 Å². The molecule has 0 fully saturated rings. The molecule has 0 saturated carbocycles. The first kappa shape index (κ1) is 14.8. The summed E-state index contributed by atoms with van der Waals surface area (Å²) in [6.07, 6.45) is 1.64. The van der Waals surface area contributed by atoms with Crippen molar-refractivity contribution in [3.8, 4) is 0 Å². The Hall–Kier alpha value is -0.280. The summed E-state index contributed by atoms with van der Waals surface area (Å²) in [4.78, 5) is 0. The third kappa shape index (κ3) is 4.14. The van der Waals surface area contributed by atoms with Gasteiger partial charge in [-0.15, -0.1) is 0 Å². The van der Waals surface area contributed by atoms with E-state index in [0.29, 0.717) is 10.0 Å². The minimum atomic E-state index is -0.175. The van der Waals surface area contributed by atoms with Gasteiger partial charge in [0.1, 0.15) is 0 Å². The first-order valence-corrected chi connectivity index (χ1v) is 6.37. The lowest BCUT2D eigenvalue weighted by Gasteiger charge is -2.25. The topological polar surface area (TPSA) is 35.2 Å². The Morgan fingerprint density at radius 3 is 2.29 bits per heavy atom. The molecule has 17 heavy (non-hydrogen) atoms. The van der Waals surface area contributed by atoms with Gasteiger partial charge in [-0.25, -0.2) is 0 Å². The SMILES string of the molecule is COC(C)(C)CCC(N)c1c(Cl)cccc1Cl. The molecule has 0 radical (unpaired) electrons. The van der Waals surface area contributed by atoms with Crippen LogP contribution in [0.4, 0.5) is 0 Å². The molecule has 1 rings (SSSR count). The summed E-state index contributed by atoms with van der Waals surface area (Å²) in [5, 5.41) is 1.25. The monoisotopic (exact) mass is 275 g/mol. The molecule has 0 amide bonds. The molecule has 1 aromatic carbocycles. The number of methoxy groups -OCH3 is 1. The molecule has 2 N–H and O–H groups in total. The third-order valence-corrected chi connectivity index (χ3v) is 3.64. The van der Waals surface area contributed by atoms with Gasteiger partial charge >= 0.3 is 0 Å². The molecule has 0 aliphatic rings. The van der Waals surface area contributed by atoms with E-state index in [0.717, 1.165) is 18.4 Å². The molecule has 4 heteroatoms. The first-order valence-electron chi connectivity index (χ1n) is 5.62. The summed E-state index contributed by atoms with van der Waals surface area (Å²) in [5.41, 5.74) is 6.78. The summed E-state index contributed by atoms with van der Waals surface area (Å²) in [6, 6.07) is 5.28. The van der Waals surface area contributed by atoms with Crippen molar-refractivity contribution in [3.63, 3.8) is 0 Å². The van der Waals surface area contributed by atoms with Crippen molar-refractivity contribution in [1.29, 1.82) is 0 Å². The standard InChI is InChI=1S/C13H19Cl2NO/c1-13(2,17-3)8-7-11(16)12-9(14)5-4-6-10(12)15/h4-6,11H,7-8,16H2,1-3H3. The fourth-order valence-corrected chi connectivity index (χ4v) is 2.29. The maximum Gasteiger partial charge on any atom is 0.0623 e. The van der Waals surface area contributed by atoms with Gasteiger partial charge in [-0.3, -0.25) is 0 Å². The average Bonchev–Trinajstić information content (AvgIpc) is 2.26. The maximum absolute atomic E-state index is 6.13. The van der Waals surface area contributed by atoms with Crippen LogP contribution in [0.25, 0.3) is 0 Å². The summed E-state index contributed by atoms with van der Waals surface area (Å²) < 4.78 is 5.36. The van der Waals surface area contributed by atoms with E-state index in [4.69, 9.17) is 33.7 Å². The second-order valence-corrected chi connectivity index (χ2v) is 5.56. The molecular formula is C13H19Cl2NO. The normalized spacial score (nSPS) is 13.8. The lowest BCUT2D eigenvalue weighted by atomic mass is 9.95. The molecule has 0 spiro atoms. The summed E-state index contributed by atoms with van der Waals surface area (Å²) in [5.74, 6) is 0. The van der Waals surface area contributed by atoms with Crippen LogP contribution < -0.4 is 5.73 Å². The molecule has 1 atom stereocenters. The Morgan fingerprint density at radius 1 is 1.29 bits per heavy atom. The molecule has 96 valence electrons. The molecule has 0 saturated heterocycles. The first-order chi connectivity index (χ1) is 7.87. The van der Waals surface area contributed by atoms with E-state index in [1.54, 1.807) is 7.11 Å². The molecule has 0 aliphatic carbocycles. The number of benzene rings is 1. The quantitative estimate of drug-likeness (QED) is 0.874. The van der Waals surface area contributed by atoms with E-state index in [9.17, 15) is 0 Å². The minimum Gasteiger partial charge on any atom is -0.379 e. The lowest BCUT2D eigenvalue weighted by molar-refractivity contribution is 0.0125. The van der Waals surface area contributed by atoms with Gasteiger partial charge in [0.25, 0.3) is 0 Å². The number of nitrogens with two attached hydrogens (primary N) is 1. The van der Waals surface area contributed by atoms with Crippen LogP contribution in [0.5, 0.6) is 0 Å². The van der Waals surface area contributed by atoms with Crippen LogP contribution in [0.1, 0.15) is 38.3 Å². The molecular weight excluding hydrogens is 257 g/mol. The Labute approximate surface area is 113 Å². The highest BCUT2D eigenvalue weighted by molar-refractivity contribution is 6.36. The molecule has 2 nitrogen and oxygen atoms in total. The van der Waals surface area contributed by atoms with Crippen molar-refractivity contribution in [2.75, 3.05) is 7.11 Å². The van der Waals surface area contributed by atoms with Crippen molar-refractivity contribution in [2.24, 2.45) is 5.73 Å². The Kier molecular flexibility index (Phi) is 5.26. The molecule has 0 aromatic heterocycles. The third-order valence-electron chi connectivity index (χ3n) is 2.98. The molecule has 0 heterocycles. The van der Waals surface area contributed by atoms with Gasteiger partial charge in [-0.2, -0.15) is 0 Å². The molecule has 1 unspecified atom stereocenters. The van der Waals surface area contributed by atoms with Crippen LogP contribution in [-0.4, -0.2) is 12.7 Å². The van der Waals surface area contributed by atoms with Gasteiger partial charge in [0.05, 0.1) is 5.60 Å². The fraction of sp³-hybridized carbons (Fsp3) is 0.538. The van der Waals surface area contributed by atoms with E-state index in [2.05, 4.69) is 0 Å². The van der Waals surface area contributed by atoms with Crippen molar-refractivity contribution in [3.05, 3.63) is 33.8 Å². The highest BCUT2D eigenvalue weighted by Crippen LogP contribution is 2.32. The number of halogens is 2. The van der Waals surface area contributed by atoms with Crippen LogP contribution in [0.15, 0.2) is 18.2 Å². The van der Waals surface area contributed by atoms with Crippen LogP contribution in [-0.2, 0) is 4.74 Å². The Bertz CT molecular complexity index is 359. The van der Waals surface area contributed by atoms with Crippen molar-refractivity contribution in [1.82, 2.24) is 0 Å². The van der Waals surface area contributed by atoms with Crippen molar-refractivity contribution >= 4 is 23.2 Å². The fourth-order valence-electron chi connectivity index (χ4n) is 1.61. The van der Waals surface area contributed by atoms with E-state index in [-0.39, 0.29) is 11.6 Å². The summed E-state index contributed by atoms with van der Waals surface area (Å²) in [6.45, 7) is 4.07. The van der Waals surface area contributed by atoms with Crippen LogP contribution >= 0.6 is 23.2 Å². The van der Waals surface area contributed by atoms with Crippen LogP contribution in [0.3, 0.4) is 0 Å². The zero-order chi connectivity index (χ0) is 13.1. The zero-order valence-corrected chi connectivity index (χ0v) is 12.0. The van der Waals surface area contributed by atoms with Gasteiger partial charge in [0, 0.05) is 28.8 Å². The van der Waals surface area contributed by atoms with Gasteiger partial charge < -0.3 is 10.5 Å². The second-order valence-electron chi connectivity index (χ2n) is 4.74. The van der Waals surface area contributed by atoms with Gasteiger partial charge in [-0.05, 0) is 38.8 Å². The highest BCUT2D eigenvalue weighted by atomic mass is 35.5. The molecule has 0 bridgehead atoms. The smallest absolute Gasteiger partial charge is 0.0623 e. The minimum absolute atomic E-state index is 0.161. The Balaban J connectivity index is 2.74. The molecule has 1 aromatic rings. The van der Waals surface area contributed by atoms with E-state index in [1.165, 1.54) is 0 Å². The van der Waals surface area contributed by atoms with Crippen molar-refractivity contribution < 1.29 is 4.74 Å². The summed E-state index contributed by atoms with van der Waals surface area (Å²) >= 11 is 12.2. The number of rotatable bonds is 5. The number of ether oxygens (including phenoxy) is 1. The van der Waals surface area contributed by atoms with Crippen molar-refractivity contribution in [2.45, 2.75) is 38.3 Å². The van der Waals surface area contributed by atoms with E-state index in [1.807, 2.05) is 32.0 Å². The van der Waals surface area contributed by atoms with Gasteiger partial charge in [0.15, 0.2) is 0 Å². The van der Waals surface area contributed by atoms with Gasteiger partial charge in [-0.1, -0.05) is 29.3 Å². The molecule has 0 aliphatic heterocycles. The van der Waals surface area contributed by atoms with Gasteiger partial charge in [0.2, 0.25) is 0 Å². The van der Waals surface area contributed by atoms with E-state index >= 15 is 0 Å². The number of hydrogen-bond acceptors (Lipinski definition) is 2. The number of hydrogen-bond donors (Lipinski definition) is 1. The summed E-state index contributed by atoms with van der Waals surface area (Å²) in [7, 11) is 1.70. The Morgan fingerprint density at radius 2 is 1.82 bits per heavy atom.